The fourth-order valence-corrected chi connectivity index (χ4v) is 2.26. The lowest BCUT2D eigenvalue weighted by Gasteiger charge is -2.14. The molecule has 0 aromatic heterocycles. The van der Waals surface area contributed by atoms with Crippen LogP contribution in [0.2, 0.25) is 0 Å². The van der Waals surface area contributed by atoms with Gasteiger partial charge in [-0.05, 0) is 25.7 Å². The van der Waals surface area contributed by atoms with E-state index in [1.165, 1.54) is 51.0 Å². The van der Waals surface area contributed by atoms with Crippen molar-refractivity contribution in [3.05, 3.63) is 11.8 Å². The van der Waals surface area contributed by atoms with E-state index in [0.29, 0.717) is 18.1 Å². The van der Waals surface area contributed by atoms with Crippen LogP contribution in [-0.2, 0) is 14.4 Å². The number of rotatable bonds is 7. The van der Waals surface area contributed by atoms with E-state index >= 15 is 0 Å². The number of nitrogens with zero attached hydrogens (tertiary/aromatic N) is 1. The van der Waals surface area contributed by atoms with Crippen LogP contribution < -0.4 is 5.32 Å². The molecule has 0 aliphatic heterocycles. The van der Waals surface area contributed by atoms with E-state index in [2.05, 4.69) is 10.5 Å². The van der Waals surface area contributed by atoms with Gasteiger partial charge in [-0.2, -0.15) is 0 Å². The molecule has 5 heteroatoms. The molecule has 1 fully saturated rings. The van der Waals surface area contributed by atoms with Crippen molar-refractivity contribution in [2.75, 3.05) is 20.3 Å². The second kappa shape index (κ2) is 10.4. The number of ether oxygens (including phenoxy) is 1. The number of nitrogens with one attached hydrogen (secondary N) is 1. The van der Waals surface area contributed by atoms with E-state index in [-0.39, 0.29) is 5.91 Å². The zero-order valence-corrected chi connectivity index (χ0v) is 12.6. The lowest BCUT2D eigenvalue weighted by atomic mass is 10.0. The predicted molar refractivity (Wildman–Crippen MR) is 79.4 cm³/mol. The van der Waals surface area contributed by atoms with E-state index in [9.17, 15) is 4.79 Å². The van der Waals surface area contributed by atoms with Crippen LogP contribution >= 0.6 is 0 Å². The number of methoxy groups -OCH3 is 1. The van der Waals surface area contributed by atoms with Crippen LogP contribution in [0.1, 0.15) is 45.4 Å². The van der Waals surface area contributed by atoms with Gasteiger partial charge in [0, 0.05) is 13.7 Å². The highest BCUT2D eigenvalue weighted by atomic mass is 16.6. The van der Waals surface area contributed by atoms with Gasteiger partial charge in [-0.15, -0.1) is 0 Å². The highest BCUT2D eigenvalue weighted by Gasteiger charge is 2.13. The third-order valence-corrected chi connectivity index (χ3v) is 3.49. The van der Waals surface area contributed by atoms with Crippen molar-refractivity contribution in [1.29, 1.82) is 0 Å². The van der Waals surface area contributed by atoms with E-state index in [1.54, 1.807) is 14.0 Å². The summed E-state index contributed by atoms with van der Waals surface area (Å²) in [6, 6.07) is 0. The van der Waals surface area contributed by atoms with Crippen molar-refractivity contribution in [2.24, 2.45) is 11.1 Å². The van der Waals surface area contributed by atoms with Gasteiger partial charge in [0.25, 0.3) is 0 Å². The number of carbonyl (C=O) groups is 1. The average Bonchev–Trinajstić information content (AvgIpc) is 2.73. The molecule has 1 N–H and O–H groups in total. The van der Waals surface area contributed by atoms with E-state index in [1.807, 2.05) is 0 Å². The average molecular weight is 282 g/mol. The third-order valence-electron chi connectivity index (χ3n) is 3.49. The molecule has 0 aromatic rings. The minimum absolute atomic E-state index is 0.0869. The lowest BCUT2D eigenvalue weighted by Crippen LogP contribution is -2.29. The predicted octanol–water partition coefficient (Wildman–Crippen LogP) is 2.63. The Balaban J connectivity index is 2.24. The van der Waals surface area contributed by atoms with Gasteiger partial charge in [0.1, 0.15) is 6.26 Å². The number of oxime groups is 1. The standard InChI is InChI=1S/C15H26N2O3/c1-13(12-20-17-9-10-19-2)15(18)16-11-14-7-5-3-4-6-8-14/h9,12,14H,3-8,10-11H2,1-2H3,(H,16,18)/b13-12+,17-9+. The monoisotopic (exact) mass is 282 g/mol. The summed E-state index contributed by atoms with van der Waals surface area (Å²) < 4.78 is 4.78. The molecule has 0 saturated heterocycles. The van der Waals surface area contributed by atoms with E-state index < -0.39 is 0 Å². The normalized spacial score (nSPS) is 18.0. The highest BCUT2D eigenvalue weighted by molar-refractivity contribution is 5.92. The SMILES string of the molecule is COC/C=N/O/C=C(\C)C(=O)NCC1CCCCCC1. The summed E-state index contributed by atoms with van der Waals surface area (Å²) in [6.45, 7) is 2.87. The summed E-state index contributed by atoms with van der Waals surface area (Å²) in [7, 11) is 1.58. The molecule has 5 nitrogen and oxygen atoms in total. The van der Waals surface area contributed by atoms with Gasteiger partial charge in [-0.1, -0.05) is 30.8 Å². The van der Waals surface area contributed by atoms with Crippen LogP contribution in [0.3, 0.4) is 0 Å². The highest BCUT2D eigenvalue weighted by Crippen LogP contribution is 2.22. The van der Waals surface area contributed by atoms with Crippen molar-refractivity contribution in [3.8, 4) is 0 Å². The molecule has 0 atom stereocenters. The van der Waals surface area contributed by atoms with Crippen molar-refractivity contribution < 1.29 is 14.4 Å². The quantitative estimate of drug-likeness (QED) is 0.257. The maximum absolute atomic E-state index is 11.9. The van der Waals surface area contributed by atoms with Gasteiger partial charge in [-0.3, -0.25) is 4.79 Å². The number of hydrogen-bond acceptors (Lipinski definition) is 4. The van der Waals surface area contributed by atoms with Gasteiger partial charge in [0.2, 0.25) is 5.91 Å². The largest absolute Gasteiger partial charge is 0.379 e. The maximum Gasteiger partial charge on any atom is 0.250 e. The Morgan fingerprint density at radius 2 is 2.00 bits per heavy atom. The van der Waals surface area contributed by atoms with Crippen LogP contribution in [0, 0.1) is 5.92 Å². The van der Waals surface area contributed by atoms with Crippen LogP contribution in [0.4, 0.5) is 0 Å². The van der Waals surface area contributed by atoms with Gasteiger partial charge in [0.05, 0.1) is 18.4 Å². The molecule has 0 heterocycles. The summed E-state index contributed by atoms with van der Waals surface area (Å²) in [4.78, 5) is 16.8. The summed E-state index contributed by atoms with van der Waals surface area (Å²) in [5.74, 6) is 0.533. The third kappa shape index (κ3) is 7.28. The topological polar surface area (TPSA) is 59.9 Å². The molecule has 1 aliphatic carbocycles. The zero-order valence-electron chi connectivity index (χ0n) is 12.6. The first-order valence-corrected chi connectivity index (χ1v) is 7.35. The number of carbonyl (C=O) groups excluding carboxylic acids is 1. The van der Waals surface area contributed by atoms with Crippen LogP contribution in [0.5, 0.6) is 0 Å². The Kier molecular flexibility index (Phi) is 8.71. The Hall–Kier alpha value is -1.36. The molecule has 0 bridgehead atoms. The van der Waals surface area contributed by atoms with E-state index in [0.717, 1.165) is 6.54 Å². The second-order valence-electron chi connectivity index (χ2n) is 5.22. The van der Waals surface area contributed by atoms with Crippen LogP contribution in [0.25, 0.3) is 0 Å². The minimum Gasteiger partial charge on any atom is -0.379 e. The molecule has 1 saturated carbocycles. The first-order chi connectivity index (χ1) is 9.74. The van der Waals surface area contributed by atoms with Crippen molar-refractivity contribution >= 4 is 12.1 Å². The van der Waals surface area contributed by atoms with E-state index in [4.69, 9.17) is 9.57 Å². The first kappa shape index (κ1) is 16.7. The molecule has 1 aliphatic rings. The smallest absolute Gasteiger partial charge is 0.250 e. The van der Waals surface area contributed by atoms with Crippen LogP contribution in [0.15, 0.2) is 17.0 Å². The molecular formula is C15H26N2O3. The number of hydrogen-bond donors (Lipinski definition) is 1. The minimum atomic E-state index is -0.0869. The molecule has 20 heavy (non-hydrogen) atoms. The fraction of sp³-hybridized carbons (Fsp3) is 0.733. The molecule has 114 valence electrons. The second-order valence-corrected chi connectivity index (χ2v) is 5.22. The molecule has 0 aromatic carbocycles. The molecule has 1 amide bonds. The lowest BCUT2D eigenvalue weighted by molar-refractivity contribution is -0.117. The summed E-state index contributed by atoms with van der Waals surface area (Å²) in [5, 5.41) is 6.61. The Labute approximate surface area is 121 Å². The van der Waals surface area contributed by atoms with Gasteiger partial charge < -0.3 is 14.9 Å². The molecule has 0 unspecified atom stereocenters. The fourth-order valence-electron chi connectivity index (χ4n) is 2.26. The Morgan fingerprint density at radius 3 is 2.65 bits per heavy atom. The zero-order chi connectivity index (χ0) is 14.6. The van der Waals surface area contributed by atoms with Crippen LogP contribution in [-0.4, -0.2) is 32.4 Å². The van der Waals surface area contributed by atoms with Gasteiger partial charge in [0.15, 0.2) is 0 Å². The Morgan fingerprint density at radius 1 is 1.30 bits per heavy atom. The van der Waals surface area contributed by atoms with Crippen molar-refractivity contribution in [2.45, 2.75) is 45.4 Å². The van der Waals surface area contributed by atoms with Crippen molar-refractivity contribution in [1.82, 2.24) is 5.32 Å². The van der Waals surface area contributed by atoms with Gasteiger partial charge >= 0.3 is 0 Å². The van der Waals surface area contributed by atoms with Gasteiger partial charge in [-0.25, -0.2) is 0 Å². The maximum atomic E-state index is 11.9. The first-order valence-electron chi connectivity index (χ1n) is 7.35. The summed E-state index contributed by atoms with van der Waals surface area (Å²) in [6.07, 6.45) is 10.5. The molecule has 1 rings (SSSR count). The molecular weight excluding hydrogens is 256 g/mol. The molecule has 0 spiro atoms. The molecule has 0 radical (unpaired) electrons. The number of amides is 1. The van der Waals surface area contributed by atoms with Crippen molar-refractivity contribution in [3.63, 3.8) is 0 Å². The summed E-state index contributed by atoms with van der Waals surface area (Å²) in [5.41, 5.74) is 0.521. The summed E-state index contributed by atoms with van der Waals surface area (Å²) >= 11 is 0. The Bertz CT molecular complexity index is 332.